The van der Waals surface area contributed by atoms with Gasteiger partial charge >= 0.3 is 0 Å². The van der Waals surface area contributed by atoms with Gasteiger partial charge in [-0.25, -0.2) is 0 Å². The minimum absolute atomic E-state index is 0.0539. The van der Waals surface area contributed by atoms with Crippen LogP contribution in [0.3, 0.4) is 0 Å². The molecule has 2 unspecified atom stereocenters. The van der Waals surface area contributed by atoms with Gasteiger partial charge in [0.05, 0.1) is 0 Å². The molecule has 2 N–H and O–H groups in total. The molecule has 0 fully saturated rings. The molecule has 4 heteroatoms. The highest BCUT2D eigenvalue weighted by atomic mass is 32.1. The fourth-order valence-corrected chi connectivity index (χ4v) is 1.07. The Balaban J connectivity index is 3.31. The summed E-state index contributed by atoms with van der Waals surface area (Å²) in [7, 11) is 1.66. The van der Waals surface area contributed by atoms with Gasteiger partial charge in [-0.3, -0.25) is 0 Å². The van der Waals surface area contributed by atoms with Crippen LogP contribution in [0.4, 0.5) is 0 Å². The maximum absolute atomic E-state index is 5.59. The van der Waals surface area contributed by atoms with Crippen LogP contribution in [0.15, 0.2) is 0 Å². The predicted molar refractivity (Wildman–Crippen MR) is 50.5 cm³/mol. The first-order chi connectivity index (χ1) is 4.72. The smallest absolute Gasteiger partial charge is 0.0473 e. The van der Waals surface area contributed by atoms with E-state index in [-0.39, 0.29) is 11.3 Å². The van der Waals surface area contributed by atoms with Crippen molar-refractivity contribution in [3.8, 4) is 0 Å². The third-order valence-electron chi connectivity index (χ3n) is 1.23. The molecule has 0 amide bonds. The van der Waals surface area contributed by atoms with E-state index >= 15 is 0 Å². The number of hydrogen-bond donors (Lipinski definition) is 3. The summed E-state index contributed by atoms with van der Waals surface area (Å²) in [5.41, 5.74) is 5.59. The van der Waals surface area contributed by atoms with Crippen molar-refractivity contribution in [2.45, 2.75) is 17.7 Å². The van der Waals surface area contributed by atoms with Crippen molar-refractivity contribution in [2.75, 3.05) is 13.7 Å². The van der Waals surface area contributed by atoms with E-state index in [1.807, 2.05) is 0 Å². The molecular formula is C6H14NOS2. The Hall–Kier alpha value is 0.620. The molecule has 2 atom stereocenters. The molecule has 0 aliphatic heterocycles. The van der Waals surface area contributed by atoms with E-state index in [4.69, 9.17) is 10.5 Å². The Morgan fingerprint density at radius 2 is 2.30 bits per heavy atom. The van der Waals surface area contributed by atoms with Gasteiger partial charge in [0.15, 0.2) is 0 Å². The van der Waals surface area contributed by atoms with Crippen LogP contribution < -0.4 is 5.73 Å². The molecule has 10 heavy (non-hydrogen) atoms. The van der Waals surface area contributed by atoms with E-state index in [0.29, 0.717) is 6.61 Å². The van der Waals surface area contributed by atoms with Gasteiger partial charge in [-0.1, -0.05) is 0 Å². The molecule has 61 valence electrons. The molecule has 2 nitrogen and oxygen atoms in total. The zero-order valence-electron chi connectivity index (χ0n) is 6.03. The van der Waals surface area contributed by atoms with Crippen LogP contribution in [0.1, 0.15) is 6.42 Å². The zero-order valence-corrected chi connectivity index (χ0v) is 7.82. The van der Waals surface area contributed by atoms with Gasteiger partial charge in [0, 0.05) is 30.8 Å². The first-order valence-electron chi connectivity index (χ1n) is 3.12. The topological polar surface area (TPSA) is 35.2 Å². The molecule has 0 aromatic heterocycles. The molecule has 0 aliphatic carbocycles. The molecular weight excluding hydrogens is 166 g/mol. The van der Waals surface area contributed by atoms with Crippen LogP contribution in [-0.2, 0) is 4.74 Å². The standard InChI is InChI=1S/C6H14NOS2/c1-8-3-2-6(10)5(7)4-9/h4-6,9-10H,2-3,7H2,1H3. The fourth-order valence-electron chi connectivity index (χ4n) is 0.530. The van der Waals surface area contributed by atoms with Crippen LogP contribution in [0.25, 0.3) is 0 Å². The zero-order chi connectivity index (χ0) is 7.98. The molecule has 0 saturated heterocycles. The van der Waals surface area contributed by atoms with Crippen LogP contribution >= 0.6 is 25.3 Å². The lowest BCUT2D eigenvalue weighted by Crippen LogP contribution is -2.30. The molecule has 0 rings (SSSR count). The van der Waals surface area contributed by atoms with Gasteiger partial charge in [-0.2, -0.15) is 25.3 Å². The number of ether oxygens (including phenoxy) is 1. The third-order valence-corrected chi connectivity index (χ3v) is 2.18. The molecule has 0 aliphatic rings. The Morgan fingerprint density at radius 3 is 2.70 bits per heavy atom. The Labute approximate surface area is 73.3 Å². The van der Waals surface area contributed by atoms with E-state index < -0.39 is 0 Å². The molecule has 0 saturated carbocycles. The number of nitrogens with two attached hydrogens (primary N) is 1. The predicted octanol–water partition coefficient (Wildman–Crippen LogP) is 0.740. The maximum atomic E-state index is 5.59. The van der Waals surface area contributed by atoms with Gasteiger partial charge in [0.2, 0.25) is 0 Å². The Morgan fingerprint density at radius 1 is 1.70 bits per heavy atom. The van der Waals surface area contributed by atoms with Crippen LogP contribution in [0, 0.1) is 5.75 Å². The quantitative estimate of drug-likeness (QED) is 0.546. The summed E-state index contributed by atoms with van der Waals surface area (Å²) in [5, 5.41) is 0.150. The lowest BCUT2D eigenvalue weighted by Gasteiger charge is -2.15. The van der Waals surface area contributed by atoms with Crippen molar-refractivity contribution in [2.24, 2.45) is 5.73 Å². The normalized spacial score (nSPS) is 16.8. The van der Waals surface area contributed by atoms with E-state index in [9.17, 15) is 0 Å². The number of hydrogen-bond acceptors (Lipinski definition) is 4. The summed E-state index contributed by atoms with van der Waals surface area (Å²) in [6.45, 7) is 0.698. The largest absolute Gasteiger partial charge is 0.385 e. The lowest BCUT2D eigenvalue weighted by molar-refractivity contribution is 0.193. The van der Waals surface area contributed by atoms with Crippen molar-refractivity contribution >= 4 is 25.3 Å². The molecule has 0 spiro atoms. The summed E-state index contributed by atoms with van der Waals surface area (Å²) < 4.78 is 4.86. The number of thiol groups is 2. The van der Waals surface area contributed by atoms with Crippen molar-refractivity contribution in [3.05, 3.63) is 5.75 Å². The second-order valence-corrected chi connectivity index (χ2v) is 3.04. The van der Waals surface area contributed by atoms with Crippen molar-refractivity contribution < 1.29 is 4.74 Å². The summed E-state index contributed by atoms with van der Waals surface area (Å²) in [5.74, 6) is 1.65. The molecule has 0 aromatic rings. The van der Waals surface area contributed by atoms with Gasteiger partial charge < -0.3 is 10.5 Å². The van der Waals surface area contributed by atoms with Crippen molar-refractivity contribution in [1.29, 1.82) is 0 Å². The van der Waals surface area contributed by atoms with Crippen LogP contribution in [-0.4, -0.2) is 25.0 Å². The summed E-state index contributed by atoms with van der Waals surface area (Å²) >= 11 is 8.19. The summed E-state index contributed by atoms with van der Waals surface area (Å²) in [4.78, 5) is 0. The van der Waals surface area contributed by atoms with Crippen LogP contribution in [0.2, 0.25) is 0 Å². The monoisotopic (exact) mass is 180 g/mol. The van der Waals surface area contributed by atoms with Gasteiger partial charge in [-0.05, 0) is 6.42 Å². The number of methoxy groups -OCH3 is 1. The summed E-state index contributed by atoms with van der Waals surface area (Å²) in [6.07, 6.45) is 0.859. The van der Waals surface area contributed by atoms with Gasteiger partial charge in [0.1, 0.15) is 0 Å². The highest BCUT2D eigenvalue weighted by molar-refractivity contribution is 7.83. The highest BCUT2D eigenvalue weighted by Gasteiger charge is 2.10. The minimum atomic E-state index is -0.0539. The average molecular weight is 180 g/mol. The van der Waals surface area contributed by atoms with Crippen molar-refractivity contribution in [1.82, 2.24) is 0 Å². The van der Waals surface area contributed by atoms with Crippen LogP contribution in [0.5, 0.6) is 0 Å². The van der Waals surface area contributed by atoms with E-state index in [0.717, 1.165) is 6.42 Å². The summed E-state index contributed by atoms with van der Waals surface area (Å²) in [6, 6.07) is -0.0539. The van der Waals surface area contributed by atoms with E-state index in [1.165, 1.54) is 0 Å². The maximum Gasteiger partial charge on any atom is 0.0473 e. The van der Waals surface area contributed by atoms with Gasteiger partial charge in [0.25, 0.3) is 0 Å². The minimum Gasteiger partial charge on any atom is -0.385 e. The first-order valence-corrected chi connectivity index (χ1v) is 4.15. The van der Waals surface area contributed by atoms with E-state index in [1.54, 1.807) is 12.9 Å². The fraction of sp³-hybridized carbons (Fsp3) is 0.833. The first kappa shape index (κ1) is 10.6. The second kappa shape index (κ2) is 6.34. The Kier molecular flexibility index (Phi) is 6.73. The SMILES string of the molecule is COCCC(S)C(N)[CH]S. The molecule has 0 bridgehead atoms. The third kappa shape index (κ3) is 4.44. The Bertz CT molecular complexity index is 82.1. The second-order valence-electron chi connectivity index (χ2n) is 2.08. The molecule has 0 aromatic carbocycles. The molecule has 0 heterocycles. The number of rotatable bonds is 5. The van der Waals surface area contributed by atoms with Crippen molar-refractivity contribution in [3.63, 3.8) is 0 Å². The van der Waals surface area contributed by atoms with E-state index in [2.05, 4.69) is 25.3 Å². The van der Waals surface area contributed by atoms with Gasteiger partial charge in [-0.15, -0.1) is 0 Å². The highest BCUT2D eigenvalue weighted by Crippen LogP contribution is 2.08. The average Bonchev–Trinajstić information content (AvgIpc) is 1.98. The lowest BCUT2D eigenvalue weighted by atomic mass is 10.2. The molecule has 1 radical (unpaired) electrons.